The van der Waals surface area contributed by atoms with Crippen molar-refractivity contribution in [3.8, 4) is 0 Å². The van der Waals surface area contributed by atoms with E-state index in [1.807, 2.05) is 25.5 Å². The van der Waals surface area contributed by atoms with Crippen LogP contribution in [0.1, 0.15) is 19.7 Å². The minimum atomic E-state index is -0.945. The lowest BCUT2D eigenvalue weighted by Gasteiger charge is -2.24. The molecule has 0 fully saturated rings. The summed E-state index contributed by atoms with van der Waals surface area (Å²) in [4.78, 5) is 11.2. The van der Waals surface area contributed by atoms with Crippen LogP contribution in [0.4, 0.5) is 0 Å². The van der Waals surface area contributed by atoms with Gasteiger partial charge in [0.25, 0.3) is 0 Å². The Labute approximate surface area is 105 Å². The SMILES string of the molecule is CCNC(C)(CSc1nnc(C)n1C)C(=O)O. The molecule has 17 heavy (non-hydrogen) atoms. The first kappa shape index (κ1) is 14.0. The van der Waals surface area contributed by atoms with Gasteiger partial charge in [-0.15, -0.1) is 10.2 Å². The van der Waals surface area contributed by atoms with Crippen molar-refractivity contribution >= 4 is 17.7 Å². The number of thioether (sulfide) groups is 1. The van der Waals surface area contributed by atoms with E-state index in [0.29, 0.717) is 12.3 Å². The van der Waals surface area contributed by atoms with Crippen molar-refractivity contribution in [3.63, 3.8) is 0 Å². The summed E-state index contributed by atoms with van der Waals surface area (Å²) < 4.78 is 1.85. The van der Waals surface area contributed by atoms with Crippen LogP contribution in [0.2, 0.25) is 0 Å². The van der Waals surface area contributed by atoms with Crippen molar-refractivity contribution in [1.29, 1.82) is 0 Å². The van der Waals surface area contributed by atoms with Crippen molar-refractivity contribution < 1.29 is 9.90 Å². The number of carboxylic acid groups (broad SMARTS) is 1. The number of rotatable bonds is 6. The Morgan fingerprint density at radius 1 is 1.59 bits per heavy atom. The summed E-state index contributed by atoms with van der Waals surface area (Å²) in [6, 6.07) is 0. The number of aryl methyl sites for hydroxylation is 1. The molecule has 0 aliphatic heterocycles. The van der Waals surface area contributed by atoms with Gasteiger partial charge in [0, 0.05) is 12.8 Å². The van der Waals surface area contributed by atoms with Crippen molar-refractivity contribution in [2.45, 2.75) is 31.5 Å². The Bertz CT molecular complexity index is 407. The molecular weight excluding hydrogens is 240 g/mol. The molecule has 0 spiro atoms. The highest BCUT2D eigenvalue weighted by atomic mass is 32.2. The minimum Gasteiger partial charge on any atom is -0.480 e. The zero-order valence-electron chi connectivity index (χ0n) is 10.5. The predicted molar refractivity (Wildman–Crippen MR) is 66.2 cm³/mol. The van der Waals surface area contributed by atoms with Gasteiger partial charge in [0.1, 0.15) is 11.4 Å². The molecule has 0 aliphatic carbocycles. The lowest BCUT2D eigenvalue weighted by Crippen LogP contribution is -2.51. The summed E-state index contributed by atoms with van der Waals surface area (Å²) in [5.41, 5.74) is -0.945. The molecular formula is C10H18N4O2S. The third-order valence-corrected chi connectivity index (χ3v) is 3.92. The molecule has 0 saturated heterocycles. The van der Waals surface area contributed by atoms with Crippen LogP contribution in [0.5, 0.6) is 0 Å². The third-order valence-electron chi connectivity index (χ3n) is 2.58. The number of likely N-dealkylation sites (N-methyl/N-ethyl adjacent to an activating group) is 1. The molecule has 1 rings (SSSR count). The van der Waals surface area contributed by atoms with Crippen molar-refractivity contribution in [1.82, 2.24) is 20.1 Å². The number of aromatic nitrogens is 3. The average Bonchev–Trinajstić information content (AvgIpc) is 2.57. The van der Waals surface area contributed by atoms with Crippen LogP contribution in [0.25, 0.3) is 0 Å². The average molecular weight is 258 g/mol. The van der Waals surface area contributed by atoms with Crippen LogP contribution in [-0.4, -0.2) is 43.7 Å². The highest BCUT2D eigenvalue weighted by Crippen LogP contribution is 2.21. The molecule has 0 amide bonds. The Hall–Kier alpha value is -1.08. The number of nitrogens with zero attached hydrogens (tertiary/aromatic N) is 3. The van der Waals surface area contributed by atoms with Gasteiger partial charge in [0.05, 0.1) is 0 Å². The van der Waals surface area contributed by atoms with E-state index in [4.69, 9.17) is 0 Å². The maximum atomic E-state index is 11.2. The standard InChI is InChI=1S/C10H18N4O2S/c1-5-11-10(3,8(15)16)6-17-9-13-12-7(2)14(9)4/h11H,5-6H2,1-4H3,(H,15,16). The fourth-order valence-corrected chi connectivity index (χ4v) is 2.37. The summed E-state index contributed by atoms with van der Waals surface area (Å²) in [7, 11) is 1.86. The first-order valence-electron chi connectivity index (χ1n) is 5.38. The summed E-state index contributed by atoms with van der Waals surface area (Å²) in [6.07, 6.45) is 0. The zero-order chi connectivity index (χ0) is 13.1. The molecule has 1 atom stereocenters. The molecule has 2 N–H and O–H groups in total. The minimum absolute atomic E-state index is 0.405. The molecule has 0 bridgehead atoms. The van der Waals surface area contributed by atoms with Gasteiger partial charge in [0.15, 0.2) is 5.16 Å². The summed E-state index contributed by atoms with van der Waals surface area (Å²) >= 11 is 1.39. The molecule has 96 valence electrons. The highest BCUT2D eigenvalue weighted by Gasteiger charge is 2.32. The highest BCUT2D eigenvalue weighted by molar-refractivity contribution is 7.99. The second-order valence-corrected chi connectivity index (χ2v) is 4.99. The van der Waals surface area contributed by atoms with Gasteiger partial charge in [-0.25, -0.2) is 0 Å². The van der Waals surface area contributed by atoms with Crippen LogP contribution < -0.4 is 5.32 Å². The fourth-order valence-electron chi connectivity index (χ4n) is 1.30. The van der Waals surface area contributed by atoms with Crippen molar-refractivity contribution in [2.75, 3.05) is 12.3 Å². The largest absolute Gasteiger partial charge is 0.480 e. The van der Waals surface area contributed by atoms with Crippen LogP contribution in [0.15, 0.2) is 5.16 Å². The maximum Gasteiger partial charge on any atom is 0.324 e. The van der Waals surface area contributed by atoms with Crippen LogP contribution in [0.3, 0.4) is 0 Å². The molecule has 6 nitrogen and oxygen atoms in total. The molecule has 7 heteroatoms. The molecule has 1 aromatic heterocycles. The van der Waals surface area contributed by atoms with E-state index >= 15 is 0 Å². The number of hydrogen-bond acceptors (Lipinski definition) is 5. The third kappa shape index (κ3) is 3.19. The van der Waals surface area contributed by atoms with Crippen LogP contribution in [0, 0.1) is 6.92 Å². The Kier molecular flexibility index (Phi) is 4.53. The predicted octanol–water partition coefficient (Wildman–Crippen LogP) is 0.668. The van der Waals surface area contributed by atoms with Gasteiger partial charge in [-0.05, 0) is 20.4 Å². The van der Waals surface area contributed by atoms with E-state index in [9.17, 15) is 9.90 Å². The number of carbonyl (C=O) groups is 1. The number of aliphatic carboxylic acids is 1. The van der Waals surface area contributed by atoms with E-state index in [1.54, 1.807) is 6.92 Å². The van der Waals surface area contributed by atoms with Gasteiger partial charge < -0.3 is 15.0 Å². The van der Waals surface area contributed by atoms with Crippen molar-refractivity contribution in [2.24, 2.45) is 7.05 Å². The van der Waals surface area contributed by atoms with Crippen molar-refractivity contribution in [3.05, 3.63) is 5.82 Å². The van der Waals surface area contributed by atoms with Gasteiger partial charge in [-0.2, -0.15) is 0 Å². The Morgan fingerprint density at radius 3 is 2.65 bits per heavy atom. The summed E-state index contributed by atoms with van der Waals surface area (Å²) in [5, 5.41) is 20.8. The molecule has 1 heterocycles. The fraction of sp³-hybridized carbons (Fsp3) is 0.700. The molecule has 0 saturated carbocycles. The second-order valence-electron chi connectivity index (χ2n) is 4.05. The molecule has 1 aromatic rings. The van der Waals surface area contributed by atoms with Crippen LogP contribution >= 0.6 is 11.8 Å². The maximum absolute atomic E-state index is 11.2. The van der Waals surface area contributed by atoms with E-state index in [1.165, 1.54) is 11.8 Å². The number of nitrogens with one attached hydrogen (secondary N) is 1. The first-order chi connectivity index (χ1) is 7.90. The summed E-state index contributed by atoms with van der Waals surface area (Å²) in [5.74, 6) is 0.362. The molecule has 0 aromatic carbocycles. The van der Waals surface area contributed by atoms with Gasteiger partial charge in [0.2, 0.25) is 0 Å². The van der Waals surface area contributed by atoms with Crippen LogP contribution in [-0.2, 0) is 11.8 Å². The Balaban J connectivity index is 2.71. The van der Waals surface area contributed by atoms with Gasteiger partial charge in [-0.1, -0.05) is 18.7 Å². The normalized spacial score (nSPS) is 14.6. The van der Waals surface area contributed by atoms with E-state index in [0.717, 1.165) is 11.0 Å². The first-order valence-corrected chi connectivity index (χ1v) is 6.36. The van der Waals surface area contributed by atoms with E-state index < -0.39 is 11.5 Å². The second kappa shape index (κ2) is 5.50. The van der Waals surface area contributed by atoms with E-state index in [-0.39, 0.29) is 0 Å². The molecule has 1 unspecified atom stereocenters. The molecule has 0 aliphatic rings. The lowest BCUT2D eigenvalue weighted by atomic mass is 10.1. The van der Waals surface area contributed by atoms with Gasteiger partial charge in [-0.3, -0.25) is 4.79 Å². The monoisotopic (exact) mass is 258 g/mol. The molecule has 0 radical (unpaired) electrons. The zero-order valence-corrected chi connectivity index (χ0v) is 11.3. The van der Waals surface area contributed by atoms with Gasteiger partial charge >= 0.3 is 5.97 Å². The number of carboxylic acids is 1. The lowest BCUT2D eigenvalue weighted by molar-refractivity contribution is -0.143. The van der Waals surface area contributed by atoms with E-state index in [2.05, 4.69) is 15.5 Å². The topological polar surface area (TPSA) is 80.0 Å². The smallest absolute Gasteiger partial charge is 0.324 e. The quantitative estimate of drug-likeness (QED) is 0.730. The summed E-state index contributed by atoms with van der Waals surface area (Å²) in [6.45, 7) is 6.03. The number of hydrogen-bond donors (Lipinski definition) is 2. The Morgan fingerprint density at radius 2 is 2.24 bits per heavy atom.